The quantitative estimate of drug-likeness (QED) is 0.485. The molecule has 0 saturated carbocycles. The predicted octanol–water partition coefficient (Wildman–Crippen LogP) is 2.28. The molecule has 1 aromatic rings. The third-order valence-electron chi connectivity index (χ3n) is 2.65. The maximum atomic E-state index is 5.15. The molecule has 0 radical (unpaired) electrons. The highest BCUT2D eigenvalue weighted by Gasteiger charge is 2.05. The van der Waals surface area contributed by atoms with Crippen LogP contribution in [0.15, 0.2) is 41.9 Å². The van der Waals surface area contributed by atoms with Crippen LogP contribution < -0.4 is 10.1 Å². The standard InChI is InChI=1S/C15H23N3O/c1-5-11-17-15(16-6-2)18(3)12-13-7-9-14(19-4)10-8-13/h5,7-10H,1,6,11-12H2,2-4H3,(H,16,17). The van der Waals surface area contributed by atoms with E-state index in [4.69, 9.17) is 4.74 Å². The summed E-state index contributed by atoms with van der Waals surface area (Å²) >= 11 is 0. The summed E-state index contributed by atoms with van der Waals surface area (Å²) < 4.78 is 5.15. The largest absolute Gasteiger partial charge is 0.497 e. The zero-order valence-electron chi connectivity index (χ0n) is 12.0. The van der Waals surface area contributed by atoms with Crippen molar-refractivity contribution in [3.8, 4) is 5.75 Å². The van der Waals surface area contributed by atoms with E-state index in [0.29, 0.717) is 6.54 Å². The maximum absolute atomic E-state index is 5.15. The number of hydrogen-bond donors (Lipinski definition) is 1. The maximum Gasteiger partial charge on any atom is 0.194 e. The van der Waals surface area contributed by atoms with E-state index in [0.717, 1.165) is 24.8 Å². The van der Waals surface area contributed by atoms with Crippen molar-refractivity contribution in [3.63, 3.8) is 0 Å². The van der Waals surface area contributed by atoms with Crippen LogP contribution in [0.25, 0.3) is 0 Å². The number of nitrogens with zero attached hydrogens (tertiary/aromatic N) is 2. The number of guanidine groups is 1. The summed E-state index contributed by atoms with van der Waals surface area (Å²) in [6.07, 6.45) is 1.79. The smallest absolute Gasteiger partial charge is 0.194 e. The molecule has 0 spiro atoms. The average molecular weight is 261 g/mol. The Morgan fingerprint density at radius 1 is 1.42 bits per heavy atom. The fourth-order valence-electron chi connectivity index (χ4n) is 1.70. The van der Waals surface area contributed by atoms with Gasteiger partial charge in [-0.3, -0.25) is 0 Å². The molecule has 4 heteroatoms. The summed E-state index contributed by atoms with van der Waals surface area (Å²) in [4.78, 5) is 6.54. The minimum atomic E-state index is 0.620. The van der Waals surface area contributed by atoms with Gasteiger partial charge < -0.3 is 15.0 Å². The molecule has 0 amide bonds. The summed E-state index contributed by atoms with van der Waals surface area (Å²) in [5.74, 6) is 1.76. The van der Waals surface area contributed by atoms with Crippen LogP contribution in [0.3, 0.4) is 0 Å². The van der Waals surface area contributed by atoms with Crippen molar-refractivity contribution in [2.24, 2.45) is 4.99 Å². The monoisotopic (exact) mass is 261 g/mol. The zero-order valence-corrected chi connectivity index (χ0v) is 12.0. The van der Waals surface area contributed by atoms with E-state index >= 15 is 0 Å². The molecule has 19 heavy (non-hydrogen) atoms. The molecule has 104 valence electrons. The summed E-state index contributed by atoms with van der Waals surface area (Å²) in [7, 11) is 3.70. The van der Waals surface area contributed by atoms with Crippen LogP contribution in [-0.4, -0.2) is 38.1 Å². The van der Waals surface area contributed by atoms with E-state index in [2.05, 4.69) is 40.8 Å². The van der Waals surface area contributed by atoms with Crippen molar-refractivity contribution in [1.82, 2.24) is 10.2 Å². The number of methoxy groups -OCH3 is 1. The number of benzene rings is 1. The van der Waals surface area contributed by atoms with Crippen molar-refractivity contribution >= 4 is 5.96 Å². The molecular formula is C15H23N3O. The number of hydrogen-bond acceptors (Lipinski definition) is 2. The van der Waals surface area contributed by atoms with E-state index in [1.54, 1.807) is 13.2 Å². The van der Waals surface area contributed by atoms with Crippen LogP contribution in [0, 0.1) is 0 Å². The molecular weight excluding hydrogens is 238 g/mol. The Labute approximate surface area is 115 Å². The molecule has 1 rings (SSSR count). The van der Waals surface area contributed by atoms with Gasteiger partial charge in [0.05, 0.1) is 13.7 Å². The second-order valence-corrected chi connectivity index (χ2v) is 4.19. The van der Waals surface area contributed by atoms with Crippen LogP contribution >= 0.6 is 0 Å². The summed E-state index contributed by atoms with van der Waals surface area (Å²) in [5, 5.41) is 3.26. The third kappa shape index (κ3) is 5.04. The second-order valence-electron chi connectivity index (χ2n) is 4.19. The number of rotatable bonds is 6. The van der Waals surface area contributed by atoms with Crippen molar-refractivity contribution in [3.05, 3.63) is 42.5 Å². The Morgan fingerprint density at radius 2 is 2.11 bits per heavy atom. The van der Waals surface area contributed by atoms with Crippen molar-refractivity contribution in [1.29, 1.82) is 0 Å². The van der Waals surface area contributed by atoms with Gasteiger partial charge in [-0.25, -0.2) is 4.99 Å². The van der Waals surface area contributed by atoms with Crippen LogP contribution in [0.2, 0.25) is 0 Å². The van der Waals surface area contributed by atoms with Crippen LogP contribution in [0.4, 0.5) is 0 Å². The molecule has 4 nitrogen and oxygen atoms in total. The number of ether oxygens (including phenoxy) is 1. The minimum Gasteiger partial charge on any atom is -0.497 e. The van der Waals surface area contributed by atoms with E-state index in [1.165, 1.54) is 5.56 Å². The zero-order chi connectivity index (χ0) is 14.1. The topological polar surface area (TPSA) is 36.9 Å². The van der Waals surface area contributed by atoms with Gasteiger partial charge in [0.25, 0.3) is 0 Å². The van der Waals surface area contributed by atoms with E-state index < -0.39 is 0 Å². The first kappa shape index (κ1) is 15.1. The summed E-state index contributed by atoms with van der Waals surface area (Å²) in [6, 6.07) is 8.06. The van der Waals surface area contributed by atoms with Gasteiger partial charge in [0.15, 0.2) is 5.96 Å². The molecule has 1 N–H and O–H groups in total. The second kappa shape index (κ2) is 8.19. The van der Waals surface area contributed by atoms with Gasteiger partial charge in [0.2, 0.25) is 0 Å². The lowest BCUT2D eigenvalue weighted by molar-refractivity contribution is 0.414. The molecule has 0 heterocycles. The summed E-state index contributed by atoms with van der Waals surface area (Å²) in [5.41, 5.74) is 1.22. The minimum absolute atomic E-state index is 0.620. The van der Waals surface area contributed by atoms with Crippen LogP contribution in [-0.2, 0) is 6.54 Å². The SMILES string of the molecule is C=CCN=C(NCC)N(C)Cc1ccc(OC)cc1. The Balaban J connectivity index is 2.68. The van der Waals surface area contributed by atoms with Gasteiger partial charge in [-0.2, -0.15) is 0 Å². The molecule has 0 aromatic heterocycles. The Morgan fingerprint density at radius 3 is 2.63 bits per heavy atom. The fourth-order valence-corrected chi connectivity index (χ4v) is 1.70. The lowest BCUT2D eigenvalue weighted by Gasteiger charge is -2.22. The van der Waals surface area contributed by atoms with Gasteiger partial charge in [0, 0.05) is 20.1 Å². The number of nitrogens with one attached hydrogen (secondary N) is 1. The summed E-state index contributed by atoms with van der Waals surface area (Å²) in [6.45, 7) is 8.02. The highest BCUT2D eigenvalue weighted by Crippen LogP contribution is 2.12. The highest BCUT2D eigenvalue weighted by molar-refractivity contribution is 5.79. The van der Waals surface area contributed by atoms with Crippen molar-refractivity contribution in [2.45, 2.75) is 13.5 Å². The predicted molar refractivity (Wildman–Crippen MR) is 80.6 cm³/mol. The molecule has 0 aliphatic carbocycles. The first-order chi connectivity index (χ1) is 9.21. The fraction of sp³-hybridized carbons (Fsp3) is 0.400. The molecule has 0 atom stereocenters. The highest BCUT2D eigenvalue weighted by atomic mass is 16.5. The van der Waals surface area contributed by atoms with Gasteiger partial charge in [0.1, 0.15) is 5.75 Å². The molecule has 0 bridgehead atoms. The van der Waals surface area contributed by atoms with Gasteiger partial charge in [-0.1, -0.05) is 18.2 Å². The van der Waals surface area contributed by atoms with Gasteiger partial charge in [-0.15, -0.1) is 6.58 Å². The Bertz CT molecular complexity index is 412. The molecule has 0 unspecified atom stereocenters. The van der Waals surface area contributed by atoms with Crippen LogP contribution in [0.5, 0.6) is 5.75 Å². The molecule has 0 aliphatic rings. The van der Waals surface area contributed by atoms with E-state index in [1.807, 2.05) is 19.2 Å². The molecule has 1 aromatic carbocycles. The van der Waals surface area contributed by atoms with Gasteiger partial charge >= 0.3 is 0 Å². The molecule has 0 aliphatic heterocycles. The average Bonchev–Trinajstić information content (AvgIpc) is 2.44. The lowest BCUT2D eigenvalue weighted by Crippen LogP contribution is -2.38. The normalized spacial score (nSPS) is 11.0. The van der Waals surface area contributed by atoms with Crippen LogP contribution in [0.1, 0.15) is 12.5 Å². The van der Waals surface area contributed by atoms with Crippen molar-refractivity contribution < 1.29 is 4.74 Å². The number of aliphatic imine (C=N–C) groups is 1. The first-order valence-electron chi connectivity index (χ1n) is 6.44. The third-order valence-corrected chi connectivity index (χ3v) is 2.65. The Kier molecular flexibility index (Phi) is 6.50. The lowest BCUT2D eigenvalue weighted by atomic mass is 10.2. The van der Waals surface area contributed by atoms with E-state index in [-0.39, 0.29) is 0 Å². The van der Waals surface area contributed by atoms with Gasteiger partial charge in [-0.05, 0) is 24.6 Å². The molecule has 0 fully saturated rings. The molecule has 0 saturated heterocycles. The van der Waals surface area contributed by atoms with Crippen molar-refractivity contribution in [2.75, 3.05) is 27.2 Å². The first-order valence-corrected chi connectivity index (χ1v) is 6.44. The van der Waals surface area contributed by atoms with E-state index in [9.17, 15) is 0 Å². The Hall–Kier alpha value is -1.97.